The zero-order chi connectivity index (χ0) is 18.4. The minimum absolute atomic E-state index is 0.0529. The molecule has 0 saturated carbocycles. The van der Waals surface area contributed by atoms with Gasteiger partial charge >= 0.3 is 6.03 Å². The number of urea groups is 1. The van der Waals surface area contributed by atoms with E-state index in [1.165, 1.54) is 6.07 Å². The Morgan fingerprint density at radius 3 is 3.08 bits per heavy atom. The molecule has 0 aromatic carbocycles. The Hall–Kier alpha value is -2.19. The summed E-state index contributed by atoms with van der Waals surface area (Å²) < 4.78 is 1.62. The lowest BCUT2D eigenvalue weighted by Crippen LogP contribution is -2.48. The second-order valence-corrected chi connectivity index (χ2v) is 7.53. The molecule has 2 aromatic heterocycles. The molecule has 2 aromatic rings. The average Bonchev–Trinajstić information content (AvgIpc) is 3.11. The molecule has 26 heavy (non-hydrogen) atoms. The Kier molecular flexibility index (Phi) is 6.40. The maximum absolute atomic E-state index is 12.3. The first kappa shape index (κ1) is 18.6. The van der Waals surface area contributed by atoms with Crippen LogP contribution in [0.25, 0.3) is 0 Å². The number of hydrogen-bond donors (Lipinski definition) is 2. The third-order valence-electron chi connectivity index (χ3n) is 4.39. The van der Waals surface area contributed by atoms with Crippen molar-refractivity contribution in [3.63, 3.8) is 0 Å². The van der Waals surface area contributed by atoms with Crippen LogP contribution in [0.2, 0.25) is 0 Å². The van der Waals surface area contributed by atoms with Crippen LogP contribution in [0.3, 0.4) is 0 Å². The van der Waals surface area contributed by atoms with Crippen LogP contribution in [0.5, 0.6) is 0 Å². The first-order valence-corrected chi connectivity index (χ1v) is 9.90. The van der Waals surface area contributed by atoms with Crippen molar-refractivity contribution in [1.82, 2.24) is 19.8 Å². The Bertz CT molecular complexity index is 774. The van der Waals surface area contributed by atoms with Crippen LogP contribution in [0.1, 0.15) is 31.2 Å². The van der Waals surface area contributed by atoms with Gasteiger partial charge in [0.2, 0.25) is 0 Å². The quantitative estimate of drug-likeness (QED) is 0.813. The lowest BCUT2D eigenvalue weighted by atomic mass is 10.1. The number of rotatable bonds is 6. The van der Waals surface area contributed by atoms with Crippen LogP contribution < -0.4 is 16.2 Å². The number of pyridine rings is 1. The molecule has 0 unspecified atom stereocenters. The molecule has 0 bridgehead atoms. The summed E-state index contributed by atoms with van der Waals surface area (Å²) in [6.07, 6.45) is 6.41. The van der Waals surface area contributed by atoms with E-state index in [1.54, 1.807) is 28.2 Å². The molecule has 1 atom stereocenters. The first-order valence-electron chi connectivity index (χ1n) is 9.03. The standard InChI is InChI=1S/C18H25N5O2S/c1-2-8-23-12-15(5-6-17(23)24)21-18(25)20-14-4-3-9-22(11-14)13-16-19-7-10-26-16/h5-7,10,12,14H,2-4,8-9,11,13H2,1H3,(H2,20,21,25)/t14-/m1/s1. The number of likely N-dealkylation sites (tertiary alicyclic amines) is 1. The first-order chi connectivity index (χ1) is 12.6. The molecule has 3 heterocycles. The maximum Gasteiger partial charge on any atom is 0.319 e. The van der Waals surface area contributed by atoms with E-state index in [2.05, 4.69) is 20.5 Å². The molecule has 3 rings (SSSR count). The summed E-state index contributed by atoms with van der Waals surface area (Å²) in [6, 6.07) is 3.02. The SMILES string of the molecule is CCCn1cc(NC(=O)N[C@@H]2CCCN(Cc3nccs3)C2)ccc1=O. The minimum Gasteiger partial charge on any atom is -0.334 e. The highest BCUT2D eigenvalue weighted by atomic mass is 32.1. The largest absolute Gasteiger partial charge is 0.334 e. The number of nitrogens with one attached hydrogen (secondary N) is 2. The summed E-state index contributed by atoms with van der Waals surface area (Å²) in [5.41, 5.74) is 0.578. The number of anilines is 1. The molecule has 1 fully saturated rings. The van der Waals surface area contributed by atoms with Gasteiger partial charge in [0.25, 0.3) is 5.56 Å². The van der Waals surface area contributed by atoms with Crippen molar-refractivity contribution in [2.45, 2.75) is 45.3 Å². The second kappa shape index (κ2) is 8.95. The summed E-state index contributed by atoms with van der Waals surface area (Å²) in [5, 5.41) is 8.98. The summed E-state index contributed by atoms with van der Waals surface area (Å²) in [4.78, 5) is 30.7. The van der Waals surface area contributed by atoms with Crippen LogP contribution in [0, 0.1) is 0 Å². The lowest BCUT2D eigenvalue weighted by Gasteiger charge is -2.32. The number of carbonyl (C=O) groups excluding carboxylic acids is 1. The highest BCUT2D eigenvalue weighted by Gasteiger charge is 2.22. The highest BCUT2D eigenvalue weighted by Crippen LogP contribution is 2.15. The van der Waals surface area contributed by atoms with E-state index in [-0.39, 0.29) is 17.6 Å². The Balaban J connectivity index is 1.52. The predicted octanol–water partition coefficient (Wildman–Crippen LogP) is 2.50. The van der Waals surface area contributed by atoms with Gasteiger partial charge in [-0.2, -0.15) is 0 Å². The van der Waals surface area contributed by atoms with Crippen LogP contribution in [0.4, 0.5) is 10.5 Å². The van der Waals surface area contributed by atoms with E-state index in [0.717, 1.165) is 43.9 Å². The van der Waals surface area contributed by atoms with Gasteiger partial charge in [-0.25, -0.2) is 9.78 Å². The molecular formula is C18H25N5O2S. The number of amides is 2. The Labute approximate surface area is 157 Å². The molecule has 1 aliphatic heterocycles. The molecule has 2 amide bonds. The van der Waals surface area contributed by atoms with Crippen molar-refractivity contribution in [3.8, 4) is 0 Å². The van der Waals surface area contributed by atoms with Gasteiger partial charge in [-0.15, -0.1) is 11.3 Å². The van der Waals surface area contributed by atoms with Crippen LogP contribution >= 0.6 is 11.3 Å². The minimum atomic E-state index is -0.229. The summed E-state index contributed by atoms with van der Waals surface area (Å²) in [6.45, 7) is 5.34. The molecular weight excluding hydrogens is 350 g/mol. The van der Waals surface area contributed by atoms with Gasteiger partial charge in [-0.05, 0) is 31.9 Å². The number of thiazole rings is 1. The Morgan fingerprint density at radius 1 is 1.42 bits per heavy atom. The van der Waals surface area contributed by atoms with Crippen LogP contribution in [-0.2, 0) is 13.1 Å². The van der Waals surface area contributed by atoms with E-state index < -0.39 is 0 Å². The molecule has 0 aliphatic carbocycles. The summed E-state index contributed by atoms with van der Waals surface area (Å²) in [5.74, 6) is 0. The van der Waals surface area contributed by atoms with Crippen LogP contribution in [-0.4, -0.2) is 39.6 Å². The topological polar surface area (TPSA) is 79.3 Å². The zero-order valence-corrected chi connectivity index (χ0v) is 15.8. The second-order valence-electron chi connectivity index (χ2n) is 6.55. The van der Waals surface area contributed by atoms with Crippen molar-refractivity contribution >= 4 is 23.1 Å². The molecule has 2 N–H and O–H groups in total. The van der Waals surface area contributed by atoms with Gasteiger partial charge in [0.05, 0.1) is 12.2 Å². The molecule has 0 radical (unpaired) electrons. The summed E-state index contributed by atoms with van der Waals surface area (Å²) >= 11 is 1.66. The zero-order valence-electron chi connectivity index (χ0n) is 15.0. The number of piperidine rings is 1. The number of carbonyl (C=O) groups is 1. The van der Waals surface area contributed by atoms with Gasteiger partial charge in [0.1, 0.15) is 5.01 Å². The average molecular weight is 375 g/mol. The normalized spacial score (nSPS) is 17.8. The predicted molar refractivity (Wildman–Crippen MR) is 104 cm³/mol. The van der Waals surface area contributed by atoms with Gasteiger partial charge < -0.3 is 15.2 Å². The van der Waals surface area contributed by atoms with Gasteiger partial charge in [0.15, 0.2) is 0 Å². The molecule has 1 aliphatic rings. The van der Waals surface area contributed by atoms with E-state index in [4.69, 9.17) is 0 Å². The van der Waals surface area contributed by atoms with Gasteiger partial charge in [-0.3, -0.25) is 9.69 Å². The number of nitrogens with zero attached hydrogens (tertiary/aromatic N) is 3. The molecule has 140 valence electrons. The van der Waals surface area contributed by atoms with Crippen molar-refractivity contribution in [2.24, 2.45) is 0 Å². The molecule has 1 saturated heterocycles. The van der Waals surface area contributed by atoms with Gasteiger partial charge in [-0.1, -0.05) is 6.92 Å². The monoisotopic (exact) mass is 375 g/mol. The van der Waals surface area contributed by atoms with Gasteiger partial charge in [0, 0.05) is 43.0 Å². The fraction of sp³-hybridized carbons (Fsp3) is 0.500. The maximum atomic E-state index is 12.3. The summed E-state index contributed by atoms with van der Waals surface area (Å²) in [7, 11) is 0. The number of aryl methyl sites for hydroxylation is 1. The lowest BCUT2D eigenvalue weighted by molar-refractivity contribution is 0.183. The Morgan fingerprint density at radius 2 is 2.31 bits per heavy atom. The molecule has 7 nitrogen and oxygen atoms in total. The van der Waals surface area contributed by atoms with Crippen molar-refractivity contribution in [2.75, 3.05) is 18.4 Å². The third-order valence-corrected chi connectivity index (χ3v) is 5.15. The van der Waals surface area contributed by atoms with Crippen molar-refractivity contribution in [3.05, 3.63) is 45.3 Å². The van der Waals surface area contributed by atoms with E-state index in [0.29, 0.717) is 12.2 Å². The van der Waals surface area contributed by atoms with E-state index in [1.807, 2.05) is 18.5 Å². The van der Waals surface area contributed by atoms with Crippen molar-refractivity contribution in [1.29, 1.82) is 0 Å². The molecule has 8 heteroatoms. The fourth-order valence-corrected chi connectivity index (χ4v) is 3.87. The smallest absolute Gasteiger partial charge is 0.319 e. The van der Waals surface area contributed by atoms with Crippen molar-refractivity contribution < 1.29 is 4.79 Å². The third kappa shape index (κ3) is 5.15. The number of hydrogen-bond acceptors (Lipinski definition) is 5. The number of aromatic nitrogens is 2. The molecule has 0 spiro atoms. The van der Waals surface area contributed by atoms with E-state index in [9.17, 15) is 9.59 Å². The fourth-order valence-electron chi connectivity index (χ4n) is 3.21. The highest BCUT2D eigenvalue weighted by molar-refractivity contribution is 7.09. The van der Waals surface area contributed by atoms with E-state index >= 15 is 0 Å². The van der Waals surface area contributed by atoms with Crippen LogP contribution in [0.15, 0.2) is 34.7 Å².